The van der Waals surface area contributed by atoms with Gasteiger partial charge in [0.25, 0.3) is 0 Å². The summed E-state index contributed by atoms with van der Waals surface area (Å²) in [5.41, 5.74) is 6.37. The second-order valence-corrected chi connectivity index (χ2v) is 6.02. The quantitative estimate of drug-likeness (QED) is 0.683. The van der Waals surface area contributed by atoms with Gasteiger partial charge in [-0.05, 0) is 50.1 Å². The van der Waals surface area contributed by atoms with Crippen LogP contribution in [0.25, 0.3) is 0 Å². The van der Waals surface area contributed by atoms with Crippen molar-refractivity contribution in [3.63, 3.8) is 0 Å². The van der Waals surface area contributed by atoms with Crippen molar-refractivity contribution in [2.45, 2.75) is 38.3 Å². The van der Waals surface area contributed by atoms with Gasteiger partial charge in [-0.25, -0.2) is 0 Å². The Labute approximate surface area is 131 Å². The number of rotatable bonds is 9. The van der Waals surface area contributed by atoms with Crippen molar-refractivity contribution in [3.8, 4) is 5.75 Å². The second kappa shape index (κ2) is 7.73. The fourth-order valence-corrected chi connectivity index (χ4v) is 2.52. The van der Waals surface area contributed by atoms with Crippen LogP contribution in [0, 0.1) is 0 Å². The minimum atomic E-state index is -0.465. The van der Waals surface area contributed by atoms with Gasteiger partial charge < -0.3 is 15.6 Å². The molecule has 4 nitrogen and oxygen atoms in total. The second-order valence-electron chi connectivity index (χ2n) is 5.58. The van der Waals surface area contributed by atoms with E-state index in [1.54, 1.807) is 0 Å². The van der Waals surface area contributed by atoms with Gasteiger partial charge in [0.1, 0.15) is 23.4 Å². The van der Waals surface area contributed by atoms with E-state index in [1.165, 1.54) is 12.8 Å². The summed E-state index contributed by atoms with van der Waals surface area (Å²) in [6.45, 7) is 4.20. The van der Waals surface area contributed by atoms with Crippen molar-refractivity contribution in [1.82, 2.24) is 4.90 Å². The number of thiocarbonyl (C=S) groups is 1. The highest BCUT2D eigenvalue weighted by Crippen LogP contribution is 2.27. The molecule has 0 spiro atoms. The van der Waals surface area contributed by atoms with E-state index in [1.807, 2.05) is 24.3 Å². The molecule has 2 rings (SSSR count). The third-order valence-corrected chi connectivity index (χ3v) is 3.84. The molecule has 0 amide bonds. The zero-order chi connectivity index (χ0) is 15.2. The average Bonchev–Trinajstić information content (AvgIpc) is 3.29. The van der Waals surface area contributed by atoms with Gasteiger partial charge in [0.15, 0.2) is 0 Å². The van der Waals surface area contributed by atoms with Crippen molar-refractivity contribution in [2.75, 3.05) is 19.7 Å². The number of benzene rings is 1. The maximum Gasteiger partial charge on any atom is 0.119 e. The number of aliphatic hydroxyl groups is 1. The molecule has 0 aliphatic heterocycles. The standard InChI is InChI=1S/C16H24N2O2S/c1-2-9-18(13-5-6-13)10-14(19)11-20-15-7-3-12(4-8-15)16(17)21/h3-4,7-8,13-14,19H,2,5-6,9-11H2,1H3,(H2,17,21). The highest BCUT2D eigenvalue weighted by molar-refractivity contribution is 7.80. The highest BCUT2D eigenvalue weighted by atomic mass is 32.1. The molecule has 1 aliphatic carbocycles. The van der Waals surface area contributed by atoms with Gasteiger partial charge in [0.2, 0.25) is 0 Å². The number of hydrogen-bond acceptors (Lipinski definition) is 4. The van der Waals surface area contributed by atoms with Crippen LogP contribution in [0.4, 0.5) is 0 Å². The van der Waals surface area contributed by atoms with Crippen molar-refractivity contribution in [2.24, 2.45) is 5.73 Å². The Kier molecular flexibility index (Phi) is 5.96. The van der Waals surface area contributed by atoms with Gasteiger partial charge in [-0.3, -0.25) is 4.90 Å². The van der Waals surface area contributed by atoms with Crippen LogP contribution in [0.2, 0.25) is 0 Å². The predicted octanol–water partition coefficient (Wildman–Crippen LogP) is 1.93. The summed E-state index contributed by atoms with van der Waals surface area (Å²) in [5, 5.41) is 10.1. The molecule has 1 aromatic carbocycles. The number of hydrogen-bond donors (Lipinski definition) is 2. The largest absolute Gasteiger partial charge is 0.491 e. The van der Waals surface area contributed by atoms with Gasteiger partial charge in [-0.1, -0.05) is 19.1 Å². The third kappa shape index (κ3) is 5.26. The third-order valence-electron chi connectivity index (χ3n) is 3.60. The van der Waals surface area contributed by atoms with E-state index >= 15 is 0 Å². The fraction of sp³-hybridized carbons (Fsp3) is 0.562. The van der Waals surface area contributed by atoms with Crippen LogP contribution >= 0.6 is 12.2 Å². The summed E-state index contributed by atoms with van der Waals surface area (Å²) in [4.78, 5) is 2.74. The van der Waals surface area contributed by atoms with E-state index in [4.69, 9.17) is 22.7 Å². The van der Waals surface area contributed by atoms with E-state index < -0.39 is 6.10 Å². The molecule has 0 radical (unpaired) electrons. The first-order chi connectivity index (χ1) is 10.1. The van der Waals surface area contributed by atoms with E-state index in [2.05, 4.69) is 11.8 Å². The topological polar surface area (TPSA) is 58.7 Å². The molecule has 0 aromatic heterocycles. The maximum atomic E-state index is 10.1. The van der Waals surface area contributed by atoms with Crippen LogP contribution < -0.4 is 10.5 Å². The molecule has 0 saturated heterocycles. The van der Waals surface area contributed by atoms with E-state index in [0.29, 0.717) is 24.2 Å². The van der Waals surface area contributed by atoms with Crippen LogP contribution in [0.3, 0.4) is 0 Å². The van der Waals surface area contributed by atoms with Crippen molar-refractivity contribution < 1.29 is 9.84 Å². The van der Waals surface area contributed by atoms with Crippen LogP contribution in [-0.2, 0) is 0 Å². The van der Waals surface area contributed by atoms with Crippen LogP contribution in [0.1, 0.15) is 31.7 Å². The lowest BCUT2D eigenvalue weighted by atomic mass is 10.2. The molecule has 1 saturated carbocycles. The molecule has 1 unspecified atom stereocenters. The summed E-state index contributed by atoms with van der Waals surface area (Å²) in [6.07, 6.45) is 3.17. The van der Waals surface area contributed by atoms with Gasteiger partial charge in [0.05, 0.1) is 0 Å². The fourth-order valence-electron chi connectivity index (χ4n) is 2.38. The Balaban J connectivity index is 1.77. The Bertz CT molecular complexity index is 460. The van der Waals surface area contributed by atoms with E-state index in [-0.39, 0.29) is 0 Å². The van der Waals surface area contributed by atoms with Gasteiger partial charge in [-0.2, -0.15) is 0 Å². The Morgan fingerprint density at radius 1 is 1.43 bits per heavy atom. The highest BCUT2D eigenvalue weighted by Gasteiger charge is 2.29. The lowest BCUT2D eigenvalue weighted by molar-refractivity contribution is 0.0654. The first-order valence-corrected chi connectivity index (χ1v) is 7.95. The first kappa shape index (κ1) is 16.2. The average molecular weight is 308 g/mol. The Morgan fingerprint density at radius 3 is 2.62 bits per heavy atom. The minimum Gasteiger partial charge on any atom is -0.491 e. The van der Waals surface area contributed by atoms with Crippen molar-refractivity contribution in [1.29, 1.82) is 0 Å². The maximum absolute atomic E-state index is 10.1. The molecule has 1 fully saturated rings. The molecule has 116 valence electrons. The Morgan fingerprint density at radius 2 is 2.10 bits per heavy atom. The zero-order valence-electron chi connectivity index (χ0n) is 12.5. The summed E-state index contributed by atoms with van der Waals surface area (Å²) >= 11 is 4.91. The smallest absolute Gasteiger partial charge is 0.119 e. The molecular formula is C16H24N2O2S. The normalized spacial score (nSPS) is 16.0. The summed E-state index contributed by atoms with van der Waals surface area (Å²) < 4.78 is 5.62. The van der Waals surface area contributed by atoms with Crippen LogP contribution in [-0.4, -0.2) is 46.8 Å². The Hall–Kier alpha value is -1.17. The first-order valence-electron chi connectivity index (χ1n) is 7.55. The van der Waals surface area contributed by atoms with Crippen molar-refractivity contribution in [3.05, 3.63) is 29.8 Å². The number of nitrogens with two attached hydrogens (primary N) is 1. The number of aliphatic hydroxyl groups excluding tert-OH is 1. The monoisotopic (exact) mass is 308 g/mol. The summed E-state index contributed by atoms with van der Waals surface area (Å²) in [5.74, 6) is 0.725. The zero-order valence-corrected chi connectivity index (χ0v) is 13.3. The number of ether oxygens (including phenoxy) is 1. The molecule has 5 heteroatoms. The van der Waals surface area contributed by atoms with Crippen molar-refractivity contribution >= 4 is 17.2 Å². The molecular weight excluding hydrogens is 284 g/mol. The van der Waals surface area contributed by atoms with Crippen LogP contribution in [0.5, 0.6) is 5.75 Å². The van der Waals surface area contributed by atoms with Crippen LogP contribution in [0.15, 0.2) is 24.3 Å². The SMILES string of the molecule is CCCN(CC(O)COc1ccc(C(N)=S)cc1)C1CC1. The molecule has 1 aliphatic rings. The molecule has 0 heterocycles. The molecule has 1 aromatic rings. The minimum absolute atomic E-state index is 0.305. The van der Waals surface area contributed by atoms with Gasteiger partial charge in [-0.15, -0.1) is 0 Å². The lowest BCUT2D eigenvalue weighted by Gasteiger charge is -2.24. The predicted molar refractivity (Wildman–Crippen MR) is 88.7 cm³/mol. The summed E-state index contributed by atoms with van der Waals surface area (Å²) in [7, 11) is 0. The lowest BCUT2D eigenvalue weighted by Crippen LogP contribution is -2.37. The summed E-state index contributed by atoms with van der Waals surface area (Å²) in [6, 6.07) is 7.98. The van der Waals surface area contributed by atoms with E-state index in [0.717, 1.165) is 24.3 Å². The molecule has 0 bridgehead atoms. The molecule has 21 heavy (non-hydrogen) atoms. The number of nitrogens with zero attached hydrogens (tertiary/aromatic N) is 1. The van der Waals surface area contributed by atoms with Gasteiger partial charge >= 0.3 is 0 Å². The van der Waals surface area contributed by atoms with E-state index in [9.17, 15) is 5.11 Å². The molecule has 1 atom stereocenters. The molecule has 3 N–H and O–H groups in total. The van der Waals surface area contributed by atoms with Gasteiger partial charge in [0, 0.05) is 18.2 Å².